The first-order valence-corrected chi connectivity index (χ1v) is 14.1. The average Bonchev–Trinajstić information content (AvgIpc) is 3.17. The van der Waals surface area contributed by atoms with Gasteiger partial charge in [-0.3, -0.25) is 14.5 Å². The lowest BCUT2D eigenvalue weighted by Crippen LogP contribution is -2.48. The summed E-state index contributed by atoms with van der Waals surface area (Å²) in [6, 6.07) is 16.6. The molecule has 0 aliphatic carbocycles. The van der Waals surface area contributed by atoms with E-state index in [9.17, 15) is 14.4 Å². The molecule has 3 N–H and O–H groups in total. The van der Waals surface area contributed by atoms with Gasteiger partial charge < -0.3 is 25.4 Å². The van der Waals surface area contributed by atoms with Crippen molar-refractivity contribution in [3.8, 4) is 5.75 Å². The highest BCUT2D eigenvalue weighted by molar-refractivity contribution is 5.98. The second kappa shape index (κ2) is 12.5. The predicted molar refractivity (Wildman–Crippen MR) is 148 cm³/mol. The Morgan fingerprint density at radius 2 is 1.59 bits per heavy atom. The number of fused-ring (bicyclic) bond motifs is 3. The Labute approximate surface area is 229 Å². The molecule has 5 rings (SSSR count). The summed E-state index contributed by atoms with van der Waals surface area (Å²) in [4.78, 5) is 40.7. The molecule has 2 fully saturated rings. The van der Waals surface area contributed by atoms with Gasteiger partial charge in [-0.15, -0.1) is 0 Å². The molecule has 0 saturated carbocycles. The third-order valence-electron chi connectivity index (χ3n) is 8.33. The molecule has 9 nitrogen and oxygen atoms in total. The summed E-state index contributed by atoms with van der Waals surface area (Å²) in [6.07, 6.45) is 5.76. The first-order valence-electron chi connectivity index (χ1n) is 14.1. The Morgan fingerprint density at radius 1 is 0.897 bits per heavy atom. The van der Waals surface area contributed by atoms with E-state index in [0.717, 1.165) is 74.1 Å². The van der Waals surface area contributed by atoms with E-state index in [2.05, 4.69) is 21.6 Å². The summed E-state index contributed by atoms with van der Waals surface area (Å²) in [5.41, 5.74) is 2.75. The lowest BCUT2D eigenvalue weighted by molar-refractivity contribution is -0.121. The van der Waals surface area contributed by atoms with Gasteiger partial charge >= 0.3 is 6.09 Å². The first kappa shape index (κ1) is 27.0. The maximum atomic E-state index is 13.1. The Hall–Kier alpha value is -3.59. The number of anilines is 1. The molecule has 2 aromatic carbocycles. The second-order valence-electron chi connectivity index (χ2n) is 10.7. The van der Waals surface area contributed by atoms with Crippen molar-refractivity contribution in [3.63, 3.8) is 0 Å². The fourth-order valence-corrected chi connectivity index (χ4v) is 6.49. The van der Waals surface area contributed by atoms with Gasteiger partial charge in [0.25, 0.3) is 11.8 Å². The molecule has 2 bridgehead atoms. The van der Waals surface area contributed by atoms with Crippen molar-refractivity contribution in [2.75, 3.05) is 37.7 Å². The number of hydrogen-bond donors (Lipinski definition) is 3. The van der Waals surface area contributed by atoms with E-state index >= 15 is 0 Å². The van der Waals surface area contributed by atoms with Gasteiger partial charge in [-0.1, -0.05) is 30.3 Å². The van der Waals surface area contributed by atoms with Gasteiger partial charge in [-0.05, 0) is 74.6 Å². The number of nitrogens with zero attached hydrogens (tertiary/aromatic N) is 2. The highest BCUT2D eigenvalue weighted by Crippen LogP contribution is 2.44. The monoisotopic (exact) mass is 534 g/mol. The van der Waals surface area contributed by atoms with E-state index in [0.29, 0.717) is 37.6 Å². The fourth-order valence-electron chi connectivity index (χ4n) is 6.49. The highest BCUT2D eigenvalue weighted by atomic mass is 16.5. The zero-order valence-corrected chi connectivity index (χ0v) is 22.3. The minimum atomic E-state index is -1.00. The van der Waals surface area contributed by atoms with Crippen molar-refractivity contribution in [2.24, 2.45) is 0 Å². The number of carbonyl (C=O) groups is 3. The van der Waals surface area contributed by atoms with E-state index in [4.69, 9.17) is 9.84 Å². The molecular weight excluding hydrogens is 496 g/mol. The van der Waals surface area contributed by atoms with Crippen LogP contribution in [0.25, 0.3) is 0 Å². The van der Waals surface area contributed by atoms with Crippen LogP contribution in [0.2, 0.25) is 0 Å². The number of piperidine rings is 1. The van der Waals surface area contributed by atoms with Crippen molar-refractivity contribution in [2.45, 2.75) is 62.9 Å². The summed E-state index contributed by atoms with van der Waals surface area (Å²) in [6.45, 7) is 2.59. The number of benzene rings is 2. The van der Waals surface area contributed by atoms with Crippen LogP contribution in [0, 0.1) is 0 Å². The highest BCUT2D eigenvalue weighted by Gasteiger charge is 2.42. The van der Waals surface area contributed by atoms with Gasteiger partial charge in [0.2, 0.25) is 0 Å². The number of carboxylic acid groups (broad SMARTS) is 1. The number of rotatable bonds is 11. The number of ether oxygens (including phenoxy) is 1. The largest absolute Gasteiger partial charge is 0.482 e. The minimum absolute atomic E-state index is 0.00722. The molecule has 2 aromatic rings. The molecule has 0 aromatic heterocycles. The number of unbranched alkanes of at least 4 members (excludes halogenated alkanes) is 2. The lowest BCUT2D eigenvalue weighted by Gasteiger charge is -2.41. The quantitative estimate of drug-likeness (QED) is 0.376. The summed E-state index contributed by atoms with van der Waals surface area (Å²) in [5.74, 6) is 1.08. The van der Waals surface area contributed by atoms with Gasteiger partial charge in [0.15, 0.2) is 6.61 Å². The maximum Gasteiger partial charge on any atom is 0.404 e. The van der Waals surface area contributed by atoms with Gasteiger partial charge in [-0.25, -0.2) is 4.79 Å². The van der Waals surface area contributed by atoms with Crippen molar-refractivity contribution < 1.29 is 24.2 Å². The van der Waals surface area contributed by atoms with Gasteiger partial charge in [0.1, 0.15) is 5.75 Å². The lowest BCUT2D eigenvalue weighted by atomic mass is 9.82. The molecule has 3 aliphatic rings. The molecule has 3 aliphatic heterocycles. The molecule has 3 amide bonds. The second-order valence-corrected chi connectivity index (χ2v) is 10.7. The van der Waals surface area contributed by atoms with Crippen LogP contribution in [0.4, 0.5) is 10.5 Å². The standard InChI is InChI=1S/C30H38N4O5/c35-28-20-39-27-11-5-4-10-26(27)34(28)17-16-33-22-12-13-23(33)19-21(18-22)24-8-2-3-9-25(24)29(36)31-14-6-1-7-15-32-30(37)38/h2-5,8-11,21-23,32H,1,6-7,12-20H2,(H,31,36)(H,37,38). The number of carbonyl (C=O) groups excluding carboxylic acids is 2. The van der Waals surface area contributed by atoms with Crippen LogP contribution in [-0.2, 0) is 4.79 Å². The number of nitrogens with one attached hydrogen (secondary N) is 2. The van der Waals surface area contributed by atoms with Crippen molar-refractivity contribution >= 4 is 23.6 Å². The zero-order valence-electron chi connectivity index (χ0n) is 22.3. The van der Waals surface area contributed by atoms with Crippen LogP contribution in [0.5, 0.6) is 5.75 Å². The molecule has 9 heteroatoms. The van der Waals surface area contributed by atoms with Crippen LogP contribution >= 0.6 is 0 Å². The fraction of sp³-hybridized carbons (Fsp3) is 0.500. The minimum Gasteiger partial charge on any atom is -0.482 e. The van der Waals surface area contributed by atoms with Crippen LogP contribution in [-0.4, -0.2) is 72.8 Å². The van der Waals surface area contributed by atoms with Crippen molar-refractivity contribution in [1.29, 1.82) is 0 Å². The van der Waals surface area contributed by atoms with Gasteiger partial charge in [-0.2, -0.15) is 0 Å². The van der Waals surface area contributed by atoms with E-state index in [1.54, 1.807) is 0 Å². The third-order valence-corrected chi connectivity index (χ3v) is 8.33. The van der Waals surface area contributed by atoms with Crippen molar-refractivity contribution in [1.82, 2.24) is 15.5 Å². The normalized spacial score (nSPS) is 22.2. The molecule has 2 saturated heterocycles. The van der Waals surface area contributed by atoms with Crippen LogP contribution in [0.3, 0.4) is 0 Å². The molecule has 3 heterocycles. The summed E-state index contributed by atoms with van der Waals surface area (Å²) in [5, 5.41) is 14.1. The van der Waals surface area contributed by atoms with E-state index < -0.39 is 6.09 Å². The SMILES string of the molecule is O=C(O)NCCCCCNC(=O)c1ccccc1C1CC2CCC(C1)N2CCN1C(=O)COc2ccccc21. The summed E-state index contributed by atoms with van der Waals surface area (Å²) in [7, 11) is 0. The van der Waals surface area contributed by atoms with E-state index in [1.165, 1.54) is 0 Å². The van der Waals surface area contributed by atoms with Gasteiger partial charge in [0.05, 0.1) is 5.69 Å². The molecular formula is C30H38N4O5. The topological polar surface area (TPSA) is 111 Å². The number of hydrogen-bond acceptors (Lipinski definition) is 5. The van der Waals surface area contributed by atoms with Crippen LogP contribution in [0.1, 0.15) is 66.8 Å². The smallest absolute Gasteiger partial charge is 0.404 e. The van der Waals surface area contributed by atoms with Crippen LogP contribution in [0.15, 0.2) is 48.5 Å². The third kappa shape index (κ3) is 6.36. The number of para-hydroxylation sites is 2. The van der Waals surface area contributed by atoms with E-state index in [-0.39, 0.29) is 18.4 Å². The summed E-state index contributed by atoms with van der Waals surface area (Å²) < 4.78 is 5.60. The molecule has 208 valence electrons. The van der Waals surface area contributed by atoms with Gasteiger partial charge in [0, 0.05) is 43.8 Å². The molecule has 0 spiro atoms. The average molecular weight is 535 g/mol. The van der Waals surface area contributed by atoms with Crippen LogP contribution < -0.4 is 20.3 Å². The number of amides is 3. The zero-order chi connectivity index (χ0) is 27.2. The first-order chi connectivity index (χ1) is 19.0. The molecule has 2 atom stereocenters. The maximum absolute atomic E-state index is 13.1. The Kier molecular flexibility index (Phi) is 8.66. The molecule has 2 unspecified atom stereocenters. The predicted octanol–water partition coefficient (Wildman–Crippen LogP) is 3.99. The molecule has 39 heavy (non-hydrogen) atoms. The Balaban J connectivity index is 1.15. The Morgan fingerprint density at radius 3 is 2.36 bits per heavy atom. The van der Waals surface area contributed by atoms with E-state index in [1.807, 2.05) is 47.4 Å². The van der Waals surface area contributed by atoms with Crippen molar-refractivity contribution in [3.05, 3.63) is 59.7 Å². The Bertz CT molecular complexity index is 1170. The summed E-state index contributed by atoms with van der Waals surface area (Å²) >= 11 is 0. The molecule has 0 radical (unpaired) electrons.